The van der Waals surface area contributed by atoms with Gasteiger partial charge in [-0.05, 0) is 0 Å². The number of allylic oxidation sites excluding steroid dienone is 1. The van der Waals surface area contributed by atoms with Crippen LogP contribution in [-0.4, -0.2) is 11.1 Å². The van der Waals surface area contributed by atoms with Gasteiger partial charge in [0.1, 0.15) is 12.0 Å². The van der Waals surface area contributed by atoms with Crippen LogP contribution >= 0.6 is 0 Å². The Labute approximate surface area is 46.6 Å². The van der Waals surface area contributed by atoms with Gasteiger partial charge < -0.3 is 9.84 Å². The molecule has 0 bridgehead atoms. The first kappa shape index (κ1) is 5.15. The number of aliphatic hydroxyl groups excluding tert-OH is 1. The van der Waals surface area contributed by atoms with E-state index >= 15 is 0 Å². The molecule has 1 heterocycles. The quantitative estimate of drug-likeness (QED) is 0.373. The van der Waals surface area contributed by atoms with Gasteiger partial charge in [0.25, 0.3) is 0 Å². The number of carbonyl (C=O) groups excluding carboxylic acids is 1. The summed E-state index contributed by atoms with van der Waals surface area (Å²) in [4.78, 5) is 10.2. The van der Waals surface area contributed by atoms with Gasteiger partial charge >= 0.3 is 5.97 Å². The van der Waals surface area contributed by atoms with Crippen LogP contribution < -0.4 is 0 Å². The van der Waals surface area contributed by atoms with E-state index in [9.17, 15) is 4.79 Å². The number of esters is 1. The monoisotopic (exact) mass is 114 g/mol. The maximum atomic E-state index is 10.2. The first-order valence-corrected chi connectivity index (χ1v) is 2.37. The fourth-order valence-corrected chi connectivity index (χ4v) is 0.564. The number of cyclic esters (lactones) is 1. The third kappa shape index (κ3) is 0.804. The Hall–Kier alpha value is -0.990. The van der Waals surface area contributed by atoms with Crippen molar-refractivity contribution in [3.05, 3.63) is 12.0 Å². The van der Waals surface area contributed by atoms with Crippen molar-refractivity contribution in [3.8, 4) is 0 Å². The molecule has 0 aromatic heterocycles. The lowest BCUT2D eigenvalue weighted by atomic mass is 10.3. The topological polar surface area (TPSA) is 46.5 Å². The lowest BCUT2D eigenvalue weighted by Gasteiger charge is -1.88. The third-order valence-electron chi connectivity index (χ3n) is 0.964. The van der Waals surface area contributed by atoms with Gasteiger partial charge in [0.15, 0.2) is 0 Å². The molecule has 1 aliphatic heterocycles. The molecule has 44 valence electrons. The van der Waals surface area contributed by atoms with E-state index in [1.165, 1.54) is 0 Å². The molecule has 8 heavy (non-hydrogen) atoms. The van der Waals surface area contributed by atoms with Crippen LogP contribution in [0.1, 0.15) is 12.8 Å². The van der Waals surface area contributed by atoms with Crippen molar-refractivity contribution in [2.75, 3.05) is 0 Å². The molecule has 1 aliphatic rings. The van der Waals surface area contributed by atoms with Crippen LogP contribution in [0, 0.1) is 0 Å². The van der Waals surface area contributed by atoms with Crippen LogP contribution in [-0.2, 0) is 9.53 Å². The average Bonchev–Trinajstić information content (AvgIpc) is 2.14. The minimum atomic E-state index is -0.259. The van der Waals surface area contributed by atoms with E-state index in [1.807, 2.05) is 0 Å². The smallest absolute Gasteiger partial charge is 0.311 e. The van der Waals surface area contributed by atoms with Crippen LogP contribution in [0.3, 0.4) is 0 Å². The summed E-state index contributed by atoms with van der Waals surface area (Å²) < 4.78 is 4.48. The Bertz CT molecular complexity index is 137. The second kappa shape index (κ2) is 1.86. The second-order valence-electron chi connectivity index (χ2n) is 1.57. The van der Waals surface area contributed by atoms with Gasteiger partial charge in [-0.2, -0.15) is 0 Å². The Morgan fingerprint density at radius 1 is 1.62 bits per heavy atom. The predicted molar refractivity (Wildman–Crippen MR) is 26.0 cm³/mol. The minimum Gasteiger partial charge on any atom is -0.512 e. The van der Waals surface area contributed by atoms with E-state index in [0.29, 0.717) is 18.6 Å². The summed E-state index contributed by atoms with van der Waals surface area (Å²) in [6, 6.07) is 0. The maximum Gasteiger partial charge on any atom is 0.311 e. The zero-order valence-electron chi connectivity index (χ0n) is 4.26. The second-order valence-corrected chi connectivity index (χ2v) is 1.57. The molecule has 3 nitrogen and oxygen atoms in total. The highest BCUT2D eigenvalue weighted by atomic mass is 16.5. The van der Waals surface area contributed by atoms with Gasteiger partial charge in [-0.1, -0.05) is 0 Å². The lowest BCUT2D eigenvalue weighted by Crippen LogP contribution is -1.88. The molecule has 0 aromatic carbocycles. The number of ether oxygens (including phenoxy) is 1. The van der Waals surface area contributed by atoms with E-state index in [1.54, 1.807) is 0 Å². The standard InChI is InChI=1S/C5H6O3/c6-3-4-1-2-5(7)8-4/h3,6H,1-2H2. The number of hydrogen-bond donors (Lipinski definition) is 1. The largest absolute Gasteiger partial charge is 0.512 e. The van der Waals surface area contributed by atoms with E-state index in [4.69, 9.17) is 5.11 Å². The molecule has 0 aromatic rings. The van der Waals surface area contributed by atoms with E-state index in [-0.39, 0.29) is 5.97 Å². The van der Waals surface area contributed by atoms with E-state index in [0.717, 1.165) is 6.26 Å². The highest BCUT2D eigenvalue weighted by Gasteiger charge is 2.16. The van der Waals surface area contributed by atoms with Gasteiger partial charge in [0, 0.05) is 6.42 Å². The normalized spacial score (nSPS) is 24.0. The molecule has 0 saturated carbocycles. The summed E-state index contributed by atoms with van der Waals surface area (Å²) in [5.41, 5.74) is 0. The van der Waals surface area contributed by atoms with Crippen LogP contribution in [0.5, 0.6) is 0 Å². The van der Waals surface area contributed by atoms with Gasteiger partial charge in [-0.15, -0.1) is 0 Å². The minimum absolute atomic E-state index is 0.259. The summed E-state index contributed by atoms with van der Waals surface area (Å²) >= 11 is 0. The lowest BCUT2D eigenvalue weighted by molar-refractivity contribution is -0.135. The molecule has 0 unspecified atom stereocenters. The van der Waals surface area contributed by atoms with Crippen LogP contribution in [0.15, 0.2) is 12.0 Å². The van der Waals surface area contributed by atoms with Crippen molar-refractivity contribution >= 4 is 5.97 Å². The Balaban J connectivity index is 2.56. The number of aliphatic hydroxyl groups is 1. The van der Waals surface area contributed by atoms with Crippen LogP contribution in [0.4, 0.5) is 0 Å². The van der Waals surface area contributed by atoms with Crippen molar-refractivity contribution in [1.82, 2.24) is 0 Å². The zero-order valence-corrected chi connectivity index (χ0v) is 4.26. The number of rotatable bonds is 0. The molecule has 0 spiro atoms. The molecule has 1 saturated heterocycles. The molecule has 3 heteroatoms. The predicted octanol–water partition coefficient (Wildman–Crippen LogP) is 0.723. The Morgan fingerprint density at radius 2 is 2.38 bits per heavy atom. The summed E-state index contributed by atoms with van der Waals surface area (Å²) in [5.74, 6) is 0.111. The molecule has 0 aliphatic carbocycles. The fraction of sp³-hybridized carbons (Fsp3) is 0.400. The molecular formula is C5H6O3. The maximum absolute atomic E-state index is 10.2. The molecule has 0 radical (unpaired) electrons. The van der Waals surface area contributed by atoms with Gasteiger partial charge in [0.2, 0.25) is 0 Å². The zero-order chi connectivity index (χ0) is 5.98. The van der Waals surface area contributed by atoms with Crippen molar-refractivity contribution in [2.45, 2.75) is 12.8 Å². The SMILES string of the molecule is O=C1CCC(=CO)O1. The van der Waals surface area contributed by atoms with E-state index in [2.05, 4.69) is 4.74 Å². The van der Waals surface area contributed by atoms with Crippen molar-refractivity contribution < 1.29 is 14.6 Å². The molecule has 1 N–H and O–H groups in total. The molecule has 0 atom stereocenters. The summed E-state index contributed by atoms with van der Waals surface area (Å²) in [6.07, 6.45) is 1.76. The van der Waals surface area contributed by atoms with Crippen LogP contribution in [0.25, 0.3) is 0 Å². The van der Waals surface area contributed by atoms with Crippen LogP contribution in [0.2, 0.25) is 0 Å². The van der Waals surface area contributed by atoms with Gasteiger partial charge in [0.05, 0.1) is 6.42 Å². The Kier molecular flexibility index (Phi) is 1.20. The highest BCUT2D eigenvalue weighted by molar-refractivity contribution is 5.73. The third-order valence-corrected chi connectivity index (χ3v) is 0.964. The number of carbonyl (C=O) groups is 1. The number of hydrogen-bond acceptors (Lipinski definition) is 3. The summed E-state index contributed by atoms with van der Waals surface area (Å²) in [5, 5.41) is 8.24. The molecule has 1 rings (SSSR count). The van der Waals surface area contributed by atoms with Crippen molar-refractivity contribution in [1.29, 1.82) is 0 Å². The summed E-state index contributed by atoms with van der Waals surface area (Å²) in [6.45, 7) is 0. The van der Waals surface area contributed by atoms with Gasteiger partial charge in [-0.25, -0.2) is 0 Å². The fourth-order valence-electron chi connectivity index (χ4n) is 0.564. The summed E-state index contributed by atoms with van der Waals surface area (Å²) in [7, 11) is 0. The van der Waals surface area contributed by atoms with Crippen molar-refractivity contribution in [3.63, 3.8) is 0 Å². The van der Waals surface area contributed by atoms with Crippen molar-refractivity contribution in [2.24, 2.45) is 0 Å². The van der Waals surface area contributed by atoms with Gasteiger partial charge in [-0.3, -0.25) is 4.79 Å². The molecule has 0 amide bonds. The first-order chi connectivity index (χ1) is 3.83. The van der Waals surface area contributed by atoms with E-state index < -0.39 is 0 Å². The first-order valence-electron chi connectivity index (χ1n) is 2.37. The average molecular weight is 114 g/mol. The molecule has 1 fully saturated rings. The highest BCUT2D eigenvalue weighted by Crippen LogP contribution is 2.15. The Morgan fingerprint density at radius 3 is 2.62 bits per heavy atom. The molecular weight excluding hydrogens is 108 g/mol.